The van der Waals surface area contributed by atoms with Gasteiger partial charge in [0.15, 0.2) is 0 Å². The van der Waals surface area contributed by atoms with E-state index in [0.717, 1.165) is 11.8 Å². The Labute approximate surface area is 171 Å². The zero-order chi connectivity index (χ0) is 21.1. The van der Waals surface area contributed by atoms with Crippen LogP contribution in [0.15, 0.2) is 62.6 Å². The van der Waals surface area contributed by atoms with Crippen LogP contribution in [0.3, 0.4) is 0 Å². The molecule has 0 aliphatic heterocycles. The predicted molar refractivity (Wildman–Crippen MR) is 102 cm³/mol. The van der Waals surface area contributed by atoms with Crippen molar-refractivity contribution in [3.05, 3.63) is 74.7 Å². The van der Waals surface area contributed by atoms with Crippen LogP contribution in [-0.4, -0.2) is 30.2 Å². The SMILES string of the molecule is O=[N+]([O-])c1cccc(-c2nnc(CSc3nnc(-c4cccc([N+](=O)[O-])c4)o3)o2)c1. The summed E-state index contributed by atoms with van der Waals surface area (Å²) in [5, 5.41) is 37.6. The van der Waals surface area contributed by atoms with Crippen LogP contribution in [0, 0.1) is 20.2 Å². The largest absolute Gasteiger partial charge is 0.420 e. The van der Waals surface area contributed by atoms with Crippen molar-refractivity contribution in [1.82, 2.24) is 20.4 Å². The summed E-state index contributed by atoms with van der Waals surface area (Å²) in [5.74, 6) is 0.774. The Hall–Kier alpha value is -4.13. The predicted octanol–water partition coefficient (Wildman–Crippen LogP) is 3.90. The van der Waals surface area contributed by atoms with E-state index >= 15 is 0 Å². The number of nitrogens with zero attached hydrogens (tertiary/aromatic N) is 6. The highest BCUT2D eigenvalue weighted by molar-refractivity contribution is 7.98. The van der Waals surface area contributed by atoms with Crippen LogP contribution < -0.4 is 0 Å². The van der Waals surface area contributed by atoms with Gasteiger partial charge >= 0.3 is 0 Å². The first-order valence-electron chi connectivity index (χ1n) is 8.28. The van der Waals surface area contributed by atoms with Crippen LogP contribution >= 0.6 is 11.8 Å². The Kier molecular flexibility index (Phi) is 5.17. The highest BCUT2D eigenvalue weighted by Crippen LogP contribution is 2.28. The molecule has 12 nitrogen and oxygen atoms in total. The Morgan fingerprint density at radius 1 is 0.800 bits per heavy atom. The van der Waals surface area contributed by atoms with Gasteiger partial charge in [0, 0.05) is 35.4 Å². The average Bonchev–Trinajstić information content (AvgIpc) is 3.42. The lowest BCUT2D eigenvalue weighted by Crippen LogP contribution is -1.88. The second kappa shape index (κ2) is 8.08. The number of rotatable bonds is 7. The molecule has 2 aromatic heterocycles. The Morgan fingerprint density at radius 3 is 1.97 bits per heavy atom. The van der Waals surface area contributed by atoms with Crippen LogP contribution in [0.4, 0.5) is 11.4 Å². The lowest BCUT2D eigenvalue weighted by atomic mass is 10.2. The average molecular weight is 426 g/mol. The van der Waals surface area contributed by atoms with Gasteiger partial charge in [-0.05, 0) is 12.1 Å². The number of hydrogen-bond acceptors (Lipinski definition) is 11. The summed E-state index contributed by atoms with van der Waals surface area (Å²) < 4.78 is 11.0. The van der Waals surface area contributed by atoms with E-state index in [2.05, 4.69) is 20.4 Å². The van der Waals surface area contributed by atoms with E-state index in [9.17, 15) is 20.2 Å². The smallest absolute Gasteiger partial charge is 0.277 e. The molecule has 0 aliphatic rings. The van der Waals surface area contributed by atoms with Gasteiger partial charge in [-0.2, -0.15) is 0 Å². The normalized spacial score (nSPS) is 10.8. The fourth-order valence-corrected chi connectivity index (χ4v) is 3.04. The van der Waals surface area contributed by atoms with Gasteiger partial charge < -0.3 is 8.83 Å². The molecule has 30 heavy (non-hydrogen) atoms. The van der Waals surface area contributed by atoms with E-state index in [1.807, 2.05) is 0 Å². The van der Waals surface area contributed by atoms with Gasteiger partial charge in [0.1, 0.15) is 0 Å². The van der Waals surface area contributed by atoms with Crippen LogP contribution in [0.5, 0.6) is 0 Å². The van der Waals surface area contributed by atoms with Crippen molar-refractivity contribution in [2.24, 2.45) is 0 Å². The third-order valence-electron chi connectivity index (χ3n) is 3.80. The maximum absolute atomic E-state index is 10.9. The second-order valence-electron chi connectivity index (χ2n) is 5.78. The molecule has 4 aromatic rings. The third kappa shape index (κ3) is 4.15. The topological polar surface area (TPSA) is 164 Å². The molecule has 0 atom stereocenters. The molecule has 0 aliphatic carbocycles. The number of benzene rings is 2. The molecule has 0 spiro atoms. The lowest BCUT2D eigenvalue weighted by molar-refractivity contribution is -0.385. The van der Waals surface area contributed by atoms with Crippen molar-refractivity contribution < 1.29 is 18.7 Å². The maximum atomic E-state index is 10.9. The summed E-state index contributed by atoms with van der Waals surface area (Å²) in [6.07, 6.45) is 0. The molecular formula is C17H10N6O6S. The zero-order valence-electron chi connectivity index (χ0n) is 14.9. The maximum Gasteiger partial charge on any atom is 0.277 e. The molecule has 0 radical (unpaired) electrons. The first-order valence-corrected chi connectivity index (χ1v) is 9.26. The molecule has 0 N–H and O–H groups in total. The van der Waals surface area contributed by atoms with Crippen molar-refractivity contribution in [1.29, 1.82) is 0 Å². The summed E-state index contributed by atoms with van der Waals surface area (Å²) >= 11 is 1.14. The molecule has 4 rings (SSSR count). The summed E-state index contributed by atoms with van der Waals surface area (Å²) in [7, 11) is 0. The summed E-state index contributed by atoms with van der Waals surface area (Å²) in [6, 6.07) is 11.7. The molecule has 2 heterocycles. The number of aromatic nitrogens is 4. The first-order chi connectivity index (χ1) is 14.5. The summed E-state index contributed by atoms with van der Waals surface area (Å²) in [5.41, 5.74) is 0.689. The monoisotopic (exact) mass is 426 g/mol. The van der Waals surface area contributed by atoms with Crippen LogP contribution in [0.2, 0.25) is 0 Å². The molecule has 13 heteroatoms. The minimum atomic E-state index is -0.510. The third-order valence-corrected chi connectivity index (χ3v) is 4.60. The number of thioether (sulfide) groups is 1. The van der Waals surface area contributed by atoms with Crippen molar-refractivity contribution in [3.8, 4) is 22.9 Å². The van der Waals surface area contributed by atoms with E-state index in [0.29, 0.717) is 11.1 Å². The van der Waals surface area contributed by atoms with Gasteiger partial charge in [-0.15, -0.1) is 20.4 Å². The van der Waals surface area contributed by atoms with E-state index < -0.39 is 9.85 Å². The van der Waals surface area contributed by atoms with Gasteiger partial charge in [0.25, 0.3) is 16.6 Å². The highest BCUT2D eigenvalue weighted by Gasteiger charge is 2.16. The molecule has 150 valence electrons. The van der Waals surface area contributed by atoms with Crippen LogP contribution in [0.25, 0.3) is 22.9 Å². The van der Waals surface area contributed by atoms with Crippen molar-refractivity contribution in [3.63, 3.8) is 0 Å². The van der Waals surface area contributed by atoms with Gasteiger partial charge in [-0.3, -0.25) is 20.2 Å². The van der Waals surface area contributed by atoms with Gasteiger partial charge in [0.05, 0.1) is 15.6 Å². The Morgan fingerprint density at radius 2 is 1.37 bits per heavy atom. The molecule has 0 fully saturated rings. The van der Waals surface area contributed by atoms with Crippen LogP contribution in [-0.2, 0) is 5.75 Å². The van der Waals surface area contributed by atoms with Gasteiger partial charge in [-0.25, -0.2) is 0 Å². The molecule has 0 saturated carbocycles. The Balaban J connectivity index is 1.44. The molecule has 0 unspecified atom stereocenters. The molecule has 2 aromatic carbocycles. The quantitative estimate of drug-likeness (QED) is 0.239. The van der Waals surface area contributed by atoms with E-state index in [4.69, 9.17) is 8.83 Å². The van der Waals surface area contributed by atoms with Gasteiger partial charge in [0.2, 0.25) is 17.7 Å². The fraction of sp³-hybridized carbons (Fsp3) is 0.0588. The molecule has 0 saturated heterocycles. The Bertz CT molecular complexity index is 1140. The van der Waals surface area contributed by atoms with Crippen LogP contribution in [0.1, 0.15) is 5.89 Å². The minimum Gasteiger partial charge on any atom is -0.420 e. The van der Waals surface area contributed by atoms with Gasteiger partial charge in [-0.1, -0.05) is 23.9 Å². The summed E-state index contributed by atoms with van der Waals surface area (Å²) in [4.78, 5) is 20.7. The fourth-order valence-electron chi connectivity index (χ4n) is 2.44. The number of non-ortho nitro benzene ring substituents is 2. The molecular weight excluding hydrogens is 416 g/mol. The second-order valence-corrected chi connectivity index (χ2v) is 6.70. The first kappa shape index (κ1) is 19.2. The number of hydrogen-bond donors (Lipinski definition) is 0. The van der Waals surface area contributed by atoms with E-state index in [1.165, 1.54) is 36.4 Å². The van der Waals surface area contributed by atoms with Crippen molar-refractivity contribution >= 4 is 23.1 Å². The standard InChI is InChI=1S/C17H10N6O6S/c24-22(25)12-5-1-3-10(7-12)15-19-18-14(28-15)9-30-17-21-20-16(29-17)11-4-2-6-13(8-11)23(26)27/h1-8H,9H2. The molecule has 0 bridgehead atoms. The number of nitro benzene ring substituents is 2. The van der Waals surface area contributed by atoms with Crippen molar-refractivity contribution in [2.45, 2.75) is 11.0 Å². The van der Waals surface area contributed by atoms with Crippen molar-refractivity contribution in [2.75, 3.05) is 0 Å². The minimum absolute atomic E-state index is 0.0823. The van der Waals surface area contributed by atoms with E-state index in [1.54, 1.807) is 12.1 Å². The van der Waals surface area contributed by atoms with E-state index in [-0.39, 0.29) is 40.0 Å². The molecule has 0 amide bonds. The summed E-state index contributed by atoms with van der Waals surface area (Å²) in [6.45, 7) is 0. The number of nitro groups is 2. The highest BCUT2D eigenvalue weighted by atomic mass is 32.2. The lowest BCUT2D eigenvalue weighted by Gasteiger charge is -1.95. The zero-order valence-corrected chi connectivity index (χ0v) is 15.7.